The van der Waals surface area contributed by atoms with E-state index in [1.54, 1.807) is 0 Å². The van der Waals surface area contributed by atoms with Crippen LogP contribution in [0.3, 0.4) is 0 Å². The van der Waals surface area contributed by atoms with E-state index in [0.717, 1.165) is 70.7 Å². The summed E-state index contributed by atoms with van der Waals surface area (Å²) in [5, 5.41) is 0. The molecule has 3 aliphatic heterocycles. The third-order valence-corrected chi connectivity index (χ3v) is 7.51. The predicted octanol–water partition coefficient (Wildman–Crippen LogP) is 4.52. The normalized spacial score (nSPS) is 20.0. The van der Waals surface area contributed by atoms with Crippen LogP contribution in [-0.4, -0.2) is 53.0 Å². The lowest BCUT2D eigenvalue weighted by atomic mass is 10.0. The molecule has 6 rings (SSSR count). The zero-order valence-corrected chi connectivity index (χ0v) is 19.1. The molecule has 5 heteroatoms. The summed E-state index contributed by atoms with van der Waals surface area (Å²) in [6.07, 6.45) is 10.6. The van der Waals surface area contributed by atoms with Crippen LogP contribution in [0.15, 0.2) is 66.4 Å². The smallest absolute Gasteiger partial charge is 0.320 e. The van der Waals surface area contributed by atoms with E-state index in [1.165, 1.54) is 28.0 Å². The molecular weight excluding hydrogens is 410 g/mol. The average Bonchev–Trinajstić information content (AvgIpc) is 3.14. The van der Waals surface area contributed by atoms with Crippen molar-refractivity contribution in [2.24, 2.45) is 0 Å². The number of ether oxygens (including phenoxy) is 1. The van der Waals surface area contributed by atoms with Gasteiger partial charge in [-0.15, -0.1) is 0 Å². The van der Waals surface area contributed by atoms with E-state index in [1.807, 2.05) is 9.80 Å². The minimum Gasteiger partial charge on any atom is -0.490 e. The summed E-state index contributed by atoms with van der Waals surface area (Å²) in [7, 11) is 0. The first-order chi connectivity index (χ1) is 16.2. The van der Waals surface area contributed by atoms with Crippen LogP contribution in [0.1, 0.15) is 35.1 Å². The van der Waals surface area contributed by atoms with Crippen molar-refractivity contribution in [3.63, 3.8) is 0 Å². The molecule has 1 fully saturated rings. The maximum Gasteiger partial charge on any atom is 0.320 e. The van der Waals surface area contributed by atoms with Crippen molar-refractivity contribution in [2.45, 2.75) is 44.9 Å². The number of piperidine rings is 1. The van der Waals surface area contributed by atoms with Crippen molar-refractivity contribution in [3.8, 4) is 5.75 Å². The van der Waals surface area contributed by atoms with Crippen LogP contribution in [-0.2, 0) is 25.9 Å². The first-order valence-corrected chi connectivity index (χ1v) is 12.3. The second kappa shape index (κ2) is 8.62. The number of rotatable bonds is 3. The van der Waals surface area contributed by atoms with Crippen molar-refractivity contribution in [1.29, 1.82) is 0 Å². The van der Waals surface area contributed by atoms with E-state index in [-0.39, 0.29) is 12.1 Å². The number of nitrogens with zero attached hydrogens (tertiary/aromatic N) is 3. The van der Waals surface area contributed by atoms with Gasteiger partial charge in [-0.3, -0.25) is 0 Å². The van der Waals surface area contributed by atoms with Gasteiger partial charge in [-0.05, 0) is 59.4 Å². The Labute approximate surface area is 195 Å². The summed E-state index contributed by atoms with van der Waals surface area (Å²) in [6.45, 7) is 5.13. The summed E-state index contributed by atoms with van der Waals surface area (Å²) in [5.41, 5.74) is 6.77. The fourth-order valence-electron chi connectivity index (χ4n) is 5.45. The second-order valence-electron chi connectivity index (χ2n) is 9.58. The van der Waals surface area contributed by atoms with Gasteiger partial charge in [0.15, 0.2) is 0 Å². The predicted molar refractivity (Wildman–Crippen MR) is 129 cm³/mol. The van der Waals surface area contributed by atoms with Crippen LogP contribution in [0.25, 0.3) is 0 Å². The van der Waals surface area contributed by atoms with Crippen molar-refractivity contribution in [1.82, 2.24) is 14.7 Å². The molecule has 5 nitrogen and oxygen atoms in total. The minimum absolute atomic E-state index is 0.163. The monoisotopic (exact) mass is 441 g/mol. The Balaban J connectivity index is 1.02. The van der Waals surface area contributed by atoms with Crippen molar-refractivity contribution in [2.75, 3.05) is 26.2 Å². The highest BCUT2D eigenvalue weighted by atomic mass is 16.5. The van der Waals surface area contributed by atoms with Crippen LogP contribution < -0.4 is 4.74 Å². The van der Waals surface area contributed by atoms with Gasteiger partial charge >= 0.3 is 6.03 Å². The number of carbonyl (C=O) groups excluding carboxylic acids is 1. The van der Waals surface area contributed by atoms with Gasteiger partial charge in [-0.25, -0.2) is 4.79 Å². The summed E-state index contributed by atoms with van der Waals surface area (Å²) >= 11 is 0. The number of allylic oxidation sites excluding steroid dienone is 3. The number of fused-ring (bicyclic) bond motifs is 2. The molecule has 0 saturated carbocycles. The molecule has 1 saturated heterocycles. The van der Waals surface area contributed by atoms with Gasteiger partial charge in [-0.1, -0.05) is 36.4 Å². The SMILES string of the molecule is O=C(N1CCC(Oc2ccc3c(c2)CCN(C2=CC=C2)CC3)CC1)N1Cc2ccccc2C1. The van der Waals surface area contributed by atoms with Crippen LogP contribution in [0, 0.1) is 0 Å². The Morgan fingerprint density at radius 2 is 1.52 bits per heavy atom. The number of carbonyl (C=O) groups is 1. The summed E-state index contributed by atoms with van der Waals surface area (Å²) < 4.78 is 6.39. The summed E-state index contributed by atoms with van der Waals surface area (Å²) in [5.74, 6) is 0.977. The highest BCUT2D eigenvalue weighted by Crippen LogP contribution is 2.28. The number of amides is 2. The molecule has 0 N–H and O–H groups in total. The number of urea groups is 1. The van der Waals surface area contributed by atoms with Gasteiger partial charge in [0.05, 0.1) is 0 Å². The van der Waals surface area contributed by atoms with Crippen LogP contribution in [0.5, 0.6) is 5.75 Å². The standard InChI is InChI=1S/C28H31N3O2/c32-28(31-19-23-4-1-2-5-24(23)20-31)30-16-12-26(13-17-30)33-27-9-8-21-10-14-29(25-6-3-7-25)15-11-22(21)18-27/h1-9,18,26H,10-17,19-20H2. The lowest BCUT2D eigenvalue weighted by molar-refractivity contribution is 0.0942. The molecular formula is C28H31N3O2. The largest absolute Gasteiger partial charge is 0.490 e. The molecule has 0 aromatic heterocycles. The van der Waals surface area contributed by atoms with Crippen molar-refractivity contribution < 1.29 is 9.53 Å². The lowest BCUT2D eigenvalue weighted by Gasteiger charge is -2.34. The molecule has 1 aliphatic carbocycles. The fourth-order valence-corrected chi connectivity index (χ4v) is 5.45. The Morgan fingerprint density at radius 1 is 0.818 bits per heavy atom. The van der Waals surface area contributed by atoms with E-state index in [4.69, 9.17) is 4.74 Å². The van der Waals surface area contributed by atoms with Crippen LogP contribution >= 0.6 is 0 Å². The van der Waals surface area contributed by atoms with Crippen LogP contribution in [0.4, 0.5) is 4.79 Å². The van der Waals surface area contributed by atoms with E-state index in [9.17, 15) is 4.79 Å². The quantitative estimate of drug-likeness (QED) is 0.703. The number of likely N-dealkylation sites (tertiary alicyclic amines) is 1. The molecule has 0 bridgehead atoms. The van der Waals surface area contributed by atoms with Crippen molar-refractivity contribution >= 4 is 6.03 Å². The first kappa shape index (κ1) is 20.4. The molecule has 2 aromatic rings. The zero-order valence-electron chi connectivity index (χ0n) is 19.1. The molecule has 3 heterocycles. The third-order valence-electron chi connectivity index (χ3n) is 7.51. The molecule has 0 spiro atoms. The highest BCUT2D eigenvalue weighted by Gasteiger charge is 2.30. The van der Waals surface area contributed by atoms with E-state index in [2.05, 4.69) is 65.6 Å². The van der Waals surface area contributed by atoms with Gasteiger partial charge in [0.25, 0.3) is 0 Å². The average molecular weight is 442 g/mol. The molecule has 170 valence electrons. The Hall–Kier alpha value is -3.21. The van der Waals surface area contributed by atoms with Crippen LogP contribution in [0.2, 0.25) is 0 Å². The zero-order chi connectivity index (χ0) is 22.2. The van der Waals surface area contributed by atoms with Gasteiger partial charge in [0, 0.05) is 57.8 Å². The topological polar surface area (TPSA) is 36.0 Å². The van der Waals surface area contributed by atoms with Gasteiger partial charge in [0.1, 0.15) is 11.9 Å². The van der Waals surface area contributed by atoms with E-state index >= 15 is 0 Å². The fraction of sp³-hybridized carbons (Fsp3) is 0.393. The van der Waals surface area contributed by atoms with E-state index in [0.29, 0.717) is 0 Å². The number of benzene rings is 2. The van der Waals surface area contributed by atoms with E-state index < -0.39 is 0 Å². The Kier molecular flexibility index (Phi) is 5.33. The minimum atomic E-state index is 0.163. The maximum atomic E-state index is 13.0. The molecule has 0 unspecified atom stereocenters. The van der Waals surface area contributed by atoms with Gasteiger partial charge in [0.2, 0.25) is 0 Å². The second-order valence-corrected chi connectivity index (χ2v) is 9.58. The Morgan fingerprint density at radius 3 is 2.18 bits per heavy atom. The first-order valence-electron chi connectivity index (χ1n) is 12.3. The summed E-state index contributed by atoms with van der Waals surface area (Å²) in [4.78, 5) is 19.5. The Bertz CT molecular complexity index is 1090. The number of hydrogen-bond acceptors (Lipinski definition) is 3. The molecule has 2 amide bonds. The number of hydrogen-bond donors (Lipinski definition) is 0. The maximum absolute atomic E-state index is 13.0. The van der Waals surface area contributed by atoms with Crippen molar-refractivity contribution in [3.05, 3.63) is 88.6 Å². The molecule has 2 aromatic carbocycles. The van der Waals surface area contributed by atoms with Gasteiger partial charge < -0.3 is 19.4 Å². The highest BCUT2D eigenvalue weighted by molar-refractivity contribution is 5.75. The molecule has 4 aliphatic rings. The third kappa shape index (κ3) is 4.12. The summed E-state index contributed by atoms with van der Waals surface area (Å²) in [6, 6.07) is 15.2. The lowest BCUT2D eigenvalue weighted by Crippen LogP contribution is -2.46. The molecule has 0 atom stereocenters. The molecule has 0 radical (unpaired) electrons. The molecule has 33 heavy (non-hydrogen) atoms. The van der Waals surface area contributed by atoms with Gasteiger partial charge in [-0.2, -0.15) is 0 Å².